The lowest BCUT2D eigenvalue weighted by Crippen LogP contribution is -2.41. The van der Waals surface area contributed by atoms with Crippen LogP contribution in [0, 0.1) is 28.5 Å². The second-order valence-electron chi connectivity index (χ2n) is 5.79. The van der Waals surface area contributed by atoms with Gasteiger partial charge >= 0.3 is 0 Å². The SMILES string of the molecule is CCC1CCC(C#N)(C(C)(O)c2cccc(F)c2)C1. The van der Waals surface area contributed by atoms with Crippen molar-refractivity contribution < 1.29 is 9.50 Å². The van der Waals surface area contributed by atoms with E-state index in [-0.39, 0.29) is 5.82 Å². The van der Waals surface area contributed by atoms with Gasteiger partial charge in [0.15, 0.2) is 0 Å². The van der Waals surface area contributed by atoms with Crippen LogP contribution in [0.15, 0.2) is 24.3 Å². The molecule has 3 heteroatoms. The zero-order chi connectivity index (χ0) is 14.1. The second kappa shape index (κ2) is 4.94. The van der Waals surface area contributed by atoms with Crippen LogP contribution in [0.2, 0.25) is 0 Å². The molecule has 0 amide bonds. The Bertz CT molecular complexity index is 506. The highest BCUT2D eigenvalue weighted by atomic mass is 19.1. The third-order valence-electron chi connectivity index (χ3n) is 4.73. The van der Waals surface area contributed by atoms with Gasteiger partial charge in [0.05, 0.1) is 11.5 Å². The normalized spacial score (nSPS) is 29.7. The molecule has 2 rings (SSSR count). The van der Waals surface area contributed by atoms with Crippen LogP contribution in [0.1, 0.15) is 45.1 Å². The standard InChI is InChI=1S/C16H20FNO/c1-3-12-7-8-16(10-12,11-18)15(2,19)13-5-4-6-14(17)9-13/h4-6,9,12,19H,3,7-8,10H2,1-2H3. The Balaban J connectivity index is 2.40. The zero-order valence-corrected chi connectivity index (χ0v) is 11.5. The predicted octanol–water partition coefficient (Wildman–Crippen LogP) is 3.75. The van der Waals surface area contributed by atoms with E-state index >= 15 is 0 Å². The molecule has 3 unspecified atom stereocenters. The quantitative estimate of drug-likeness (QED) is 0.900. The predicted molar refractivity (Wildman–Crippen MR) is 71.6 cm³/mol. The molecule has 2 nitrogen and oxygen atoms in total. The third-order valence-corrected chi connectivity index (χ3v) is 4.73. The van der Waals surface area contributed by atoms with E-state index in [1.807, 2.05) is 0 Å². The maximum Gasteiger partial charge on any atom is 0.123 e. The lowest BCUT2D eigenvalue weighted by molar-refractivity contribution is -0.0444. The van der Waals surface area contributed by atoms with Gasteiger partial charge in [0, 0.05) is 0 Å². The molecule has 0 heterocycles. The van der Waals surface area contributed by atoms with Crippen molar-refractivity contribution in [3.8, 4) is 6.07 Å². The number of hydrogen-bond donors (Lipinski definition) is 1. The Morgan fingerprint density at radius 2 is 2.32 bits per heavy atom. The molecule has 1 aromatic carbocycles. The van der Waals surface area contributed by atoms with Crippen LogP contribution >= 0.6 is 0 Å². The maximum atomic E-state index is 13.4. The molecular weight excluding hydrogens is 241 g/mol. The van der Waals surface area contributed by atoms with Crippen LogP contribution in [0.5, 0.6) is 0 Å². The van der Waals surface area contributed by atoms with Crippen LogP contribution < -0.4 is 0 Å². The van der Waals surface area contributed by atoms with Gasteiger partial charge in [-0.05, 0) is 49.8 Å². The van der Waals surface area contributed by atoms with Gasteiger partial charge < -0.3 is 5.11 Å². The van der Waals surface area contributed by atoms with Crippen LogP contribution in [-0.4, -0.2) is 5.11 Å². The van der Waals surface area contributed by atoms with E-state index in [0.29, 0.717) is 24.3 Å². The first-order chi connectivity index (χ1) is 8.95. The van der Waals surface area contributed by atoms with Gasteiger partial charge in [0.2, 0.25) is 0 Å². The fourth-order valence-electron chi connectivity index (χ4n) is 3.22. The maximum absolute atomic E-state index is 13.4. The zero-order valence-electron chi connectivity index (χ0n) is 11.5. The van der Waals surface area contributed by atoms with E-state index in [1.54, 1.807) is 19.1 Å². The fourth-order valence-corrected chi connectivity index (χ4v) is 3.22. The summed E-state index contributed by atoms with van der Waals surface area (Å²) in [6.07, 6.45) is 3.33. The minimum Gasteiger partial charge on any atom is -0.384 e. The summed E-state index contributed by atoms with van der Waals surface area (Å²) in [5.74, 6) is 0.0931. The largest absolute Gasteiger partial charge is 0.384 e. The topological polar surface area (TPSA) is 44.0 Å². The van der Waals surface area contributed by atoms with E-state index in [1.165, 1.54) is 12.1 Å². The average Bonchev–Trinajstić information content (AvgIpc) is 2.84. The molecule has 19 heavy (non-hydrogen) atoms. The van der Waals surface area contributed by atoms with Crippen molar-refractivity contribution in [2.24, 2.45) is 11.3 Å². The number of nitrogens with zero attached hydrogens (tertiary/aromatic N) is 1. The Morgan fingerprint density at radius 1 is 1.58 bits per heavy atom. The molecule has 102 valence electrons. The number of halogens is 1. The van der Waals surface area contributed by atoms with Crippen LogP contribution in [0.4, 0.5) is 4.39 Å². The smallest absolute Gasteiger partial charge is 0.123 e. The van der Waals surface area contributed by atoms with Crippen molar-refractivity contribution in [2.45, 2.75) is 45.1 Å². The summed E-state index contributed by atoms with van der Waals surface area (Å²) in [6.45, 7) is 3.75. The first-order valence-electron chi connectivity index (χ1n) is 6.85. The summed E-state index contributed by atoms with van der Waals surface area (Å²) in [5, 5.41) is 20.5. The molecule has 0 aromatic heterocycles. The number of aliphatic hydroxyl groups is 1. The molecule has 1 N–H and O–H groups in total. The monoisotopic (exact) mass is 261 g/mol. The number of nitriles is 1. The van der Waals surface area contributed by atoms with Gasteiger partial charge in [-0.2, -0.15) is 5.26 Å². The third kappa shape index (κ3) is 2.26. The summed E-state index contributed by atoms with van der Waals surface area (Å²) >= 11 is 0. The van der Waals surface area contributed by atoms with Gasteiger partial charge in [0.1, 0.15) is 11.4 Å². The summed E-state index contributed by atoms with van der Waals surface area (Å²) in [6, 6.07) is 8.28. The lowest BCUT2D eigenvalue weighted by atomic mass is 9.68. The van der Waals surface area contributed by atoms with E-state index in [4.69, 9.17) is 0 Å². The molecule has 0 spiro atoms. The lowest BCUT2D eigenvalue weighted by Gasteiger charge is -2.38. The second-order valence-corrected chi connectivity index (χ2v) is 5.79. The fraction of sp³-hybridized carbons (Fsp3) is 0.562. The first-order valence-corrected chi connectivity index (χ1v) is 6.85. The Morgan fingerprint density at radius 3 is 2.84 bits per heavy atom. The van der Waals surface area contributed by atoms with Gasteiger partial charge in [-0.25, -0.2) is 4.39 Å². The number of benzene rings is 1. The summed E-state index contributed by atoms with van der Waals surface area (Å²) < 4.78 is 13.4. The Hall–Kier alpha value is -1.40. The van der Waals surface area contributed by atoms with Crippen molar-refractivity contribution in [3.63, 3.8) is 0 Å². The molecule has 1 aliphatic rings. The molecular formula is C16H20FNO. The van der Waals surface area contributed by atoms with Crippen molar-refractivity contribution >= 4 is 0 Å². The molecule has 1 aromatic rings. The minimum absolute atomic E-state index is 0.379. The average molecular weight is 261 g/mol. The Labute approximate surface area is 113 Å². The van der Waals surface area contributed by atoms with Crippen molar-refractivity contribution in [1.82, 2.24) is 0 Å². The summed E-state index contributed by atoms with van der Waals surface area (Å²) in [5.41, 5.74) is -1.62. The molecule has 1 saturated carbocycles. The number of hydrogen-bond acceptors (Lipinski definition) is 2. The van der Waals surface area contributed by atoms with E-state index in [0.717, 1.165) is 12.8 Å². The molecule has 3 atom stereocenters. The van der Waals surface area contributed by atoms with E-state index < -0.39 is 11.0 Å². The first kappa shape index (κ1) is 14.0. The van der Waals surface area contributed by atoms with Gasteiger partial charge in [0.25, 0.3) is 0 Å². The summed E-state index contributed by atoms with van der Waals surface area (Å²) in [4.78, 5) is 0. The van der Waals surface area contributed by atoms with Crippen molar-refractivity contribution in [2.75, 3.05) is 0 Å². The van der Waals surface area contributed by atoms with Gasteiger partial charge in [-0.1, -0.05) is 25.5 Å². The Kier molecular flexibility index (Phi) is 3.64. The highest BCUT2D eigenvalue weighted by Gasteiger charge is 2.52. The van der Waals surface area contributed by atoms with Crippen LogP contribution in [0.25, 0.3) is 0 Å². The van der Waals surface area contributed by atoms with E-state index in [2.05, 4.69) is 13.0 Å². The molecule has 0 aliphatic heterocycles. The van der Waals surface area contributed by atoms with Gasteiger partial charge in [-0.15, -0.1) is 0 Å². The molecule has 1 aliphatic carbocycles. The minimum atomic E-state index is -1.31. The van der Waals surface area contributed by atoms with Crippen molar-refractivity contribution in [1.29, 1.82) is 5.26 Å². The molecule has 0 bridgehead atoms. The molecule has 0 saturated heterocycles. The van der Waals surface area contributed by atoms with Crippen molar-refractivity contribution in [3.05, 3.63) is 35.6 Å². The van der Waals surface area contributed by atoms with E-state index in [9.17, 15) is 14.8 Å². The van der Waals surface area contributed by atoms with Crippen LogP contribution in [0.3, 0.4) is 0 Å². The van der Waals surface area contributed by atoms with Crippen LogP contribution in [-0.2, 0) is 5.60 Å². The number of rotatable bonds is 3. The molecule has 1 fully saturated rings. The van der Waals surface area contributed by atoms with Gasteiger partial charge in [-0.3, -0.25) is 0 Å². The highest BCUT2D eigenvalue weighted by molar-refractivity contribution is 5.29. The molecule has 0 radical (unpaired) electrons. The summed E-state index contributed by atoms with van der Waals surface area (Å²) in [7, 11) is 0. The highest BCUT2D eigenvalue weighted by Crippen LogP contribution is 2.53.